The van der Waals surface area contributed by atoms with Gasteiger partial charge in [0.2, 0.25) is 11.7 Å². The van der Waals surface area contributed by atoms with Gasteiger partial charge in [0, 0.05) is 12.0 Å². The Morgan fingerprint density at radius 3 is 3.06 bits per heavy atom. The maximum absolute atomic E-state index is 5.53. The van der Waals surface area contributed by atoms with Crippen molar-refractivity contribution in [3.05, 3.63) is 23.6 Å². The Morgan fingerprint density at radius 2 is 2.33 bits per heavy atom. The zero-order chi connectivity index (χ0) is 12.5. The zero-order valence-electron chi connectivity index (χ0n) is 9.97. The monoisotopic (exact) mass is 247 g/mol. The number of nitrogens with two attached hydrogens (primary N) is 1. The van der Waals surface area contributed by atoms with Gasteiger partial charge in [0.1, 0.15) is 11.5 Å². The standard InChI is InChI=1S/C12H13N3O3/c1-16-10-4-7-2-3-17-9(7)5-8(10)12-14-11(6-13)18-15-12/h4-5H,2-3,6,13H2,1H3. The van der Waals surface area contributed by atoms with E-state index in [0.717, 1.165) is 23.3 Å². The van der Waals surface area contributed by atoms with Crippen LogP contribution in [0.15, 0.2) is 16.7 Å². The van der Waals surface area contributed by atoms with Gasteiger partial charge in [0.25, 0.3) is 0 Å². The normalized spacial score (nSPS) is 13.2. The first-order valence-corrected chi connectivity index (χ1v) is 5.68. The molecule has 6 nitrogen and oxygen atoms in total. The van der Waals surface area contributed by atoms with Gasteiger partial charge in [-0.05, 0) is 12.1 Å². The van der Waals surface area contributed by atoms with Crippen LogP contribution in [0.3, 0.4) is 0 Å². The molecule has 94 valence electrons. The lowest BCUT2D eigenvalue weighted by atomic mass is 10.1. The van der Waals surface area contributed by atoms with Crippen LogP contribution in [0.5, 0.6) is 11.5 Å². The molecule has 3 rings (SSSR count). The predicted octanol–water partition coefficient (Wildman–Crippen LogP) is 1.14. The third-order valence-electron chi connectivity index (χ3n) is 2.90. The summed E-state index contributed by atoms with van der Waals surface area (Å²) in [5.41, 5.74) is 7.34. The fraction of sp³-hybridized carbons (Fsp3) is 0.333. The Balaban J connectivity index is 2.10. The quantitative estimate of drug-likeness (QED) is 0.875. The summed E-state index contributed by atoms with van der Waals surface area (Å²) in [4.78, 5) is 4.19. The van der Waals surface area contributed by atoms with Gasteiger partial charge in [-0.3, -0.25) is 0 Å². The third kappa shape index (κ3) is 1.70. The molecule has 0 unspecified atom stereocenters. The maximum atomic E-state index is 5.53. The summed E-state index contributed by atoms with van der Waals surface area (Å²) in [7, 11) is 1.62. The highest BCUT2D eigenvalue weighted by Gasteiger charge is 2.20. The molecule has 0 radical (unpaired) electrons. The first kappa shape index (κ1) is 11.0. The molecule has 2 N–H and O–H groups in total. The van der Waals surface area contributed by atoms with Crippen molar-refractivity contribution in [3.63, 3.8) is 0 Å². The van der Waals surface area contributed by atoms with Crippen molar-refractivity contribution in [1.29, 1.82) is 0 Å². The van der Waals surface area contributed by atoms with Crippen molar-refractivity contribution in [2.24, 2.45) is 5.73 Å². The molecule has 0 spiro atoms. The highest BCUT2D eigenvalue weighted by Crippen LogP contribution is 2.37. The number of hydrogen-bond acceptors (Lipinski definition) is 6. The lowest BCUT2D eigenvalue weighted by Crippen LogP contribution is -1.96. The zero-order valence-corrected chi connectivity index (χ0v) is 9.97. The van der Waals surface area contributed by atoms with Gasteiger partial charge in [-0.25, -0.2) is 0 Å². The summed E-state index contributed by atoms with van der Waals surface area (Å²) < 4.78 is 15.9. The van der Waals surface area contributed by atoms with Crippen molar-refractivity contribution in [2.75, 3.05) is 13.7 Å². The molecule has 2 aromatic rings. The topological polar surface area (TPSA) is 83.4 Å². The Morgan fingerprint density at radius 1 is 1.44 bits per heavy atom. The molecule has 1 aliphatic rings. The lowest BCUT2D eigenvalue weighted by Gasteiger charge is -2.07. The summed E-state index contributed by atoms with van der Waals surface area (Å²) in [6, 6.07) is 3.84. The van der Waals surface area contributed by atoms with Gasteiger partial charge in [0.15, 0.2) is 0 Å². The number of methoxy groups -OCH3 is 1. The number of fused-ring (bicyclic) bond motifs is 1. The predicted molar refractivity (Wildman–Crippen MR) is 63.4 cm³/mol. The van der Waals surface area contributed by atoms with Crippen LogP contribution in [0.25, 0.3) is 11.4 Å². The van der Waals surface area contributed by atoms with Crippen LogP contribution in [-0.4, -0.2) is 23.9 Å². The van der Waals surface area contributed by atoms with Crippen molar-refractivity contribution in [1.82, 2.24) is 10.1 Å². The van der Waals surface area contributed by atoms with Crippen molar-refractivity contribution >= 4 is 0 Å². The number of benzene rings is 1. The lowest BCUT2D eigenvalue weighted by molar-refractivity contribution is 0.356. The molecule has 0 saturated carbocycles. The van der Waals surface area contributed by atoms with Crippen LogP contribution in [0.4, 0.5) is 0 Å². The molecule has 0 atom stereocenters. The van der Waals surface area contributed by atoms with E-state index in [1.54, 1.807) is 7.11 Å². The van der Waals surface area contributed by atoms with Crippen molar-refractivity contribution < 1.29 is 14.0 Å². The average molecular weight is 247 g/mol. The van der Waals surface area contributed by atoms with E-state index < -0.39 is 0 Å². The highest BCUT2D eigenvalue weighted by molar-refractivity contribution is 5.68. The van der Waals surface area contributed by atoms with Crippen molar-refractivity contribution in [3.8, 4) is 22.9 Å². The third-order valence-corrected chi connectivity index (χ3v) is 2.90. The van der Waals surface area contributed by atoms with E-state index in [4.69, 9.17) is 19.7 Å². The number of rotatable bonds is 3. The molecule has 0 bridgehead atoms. The summed E-state index contributed by atoms with van der Waals surface area (Å²) in [5.74, 6) is 2.42. The minimum Gasteiger partial charge on any atom is -0.496 e. The fourth-order valence-electron chi connectivity index (χ4n) is 1.99. The fourth-order valence-corrected chi connectivity index (χ4v) is 1.99. The Labute approximate surface area is 104 Å². The van der Waals surface area contributed by atoms with Crippen LogP contribution < -0.4 is 15.2 Å². The average Bonchev–Trinajstić information content (AvgIpc) is 3.05. The van der Waals surface area contributed by atoms with Gasteiger partial charge in [-0.2, -0.15) is 4.98 Å². The van der Waals surface area contributed by atoms with E-state index in [0.29, 0.717) is 24.1 Å². The Bertz CT molecular complexity index is 580. The van der Waals surface area contributed by atoms with Crippen LogP contribution in [0, 0.1) is 0 Å². The largest absolute Gasteiger partial charge is 0.496 e. The smallest absolute Gasteiger partial charge is 0.240 e. The molecule has 18 heavy (non-hydrogen) atoms. The van der Waals surface area contributed by atoms with E-state index >= 15 is 0 Å². The SMILES string of the molecule is COc1cc2c(cc1-c1noc(CN)n1)OCC2. The van der Waals surface area contributed by atoms with E-state index in [1.807, 2.05) is 12.1 Å². The van der Waals surface area contributed by atoms with Gasteiger partial charge >= 0.3 is 0 Å². The molecule has 0 saturated heterocycles. The van der Waals surface area contributed by atoms with Crippen molar-refractivity contribution in [2.45, 2.75) is 13.0 Å². The number of aromatic nitrogens is 2. The molecular formula is C12H13N3O3. The summed E-state index contributed by atoms with van der Waals surface area (Å²) in [6.07, 6.45) is 0.895. The first-order valence-electron chi connectivity index (χ1n) is 5.68. The molecule has 1 aromatic heterocycles. The van der Waals surface area contributed by atoms with E-state index in [1.165, 1.54) is 0 Å². The summed E-state index contributed by atoms with van der Waals surface area (Å²) >= 11 is 0. The summed E-state index contributed by atoms with van der Waals surface area (Å²) in [5, 5.41) is 3.89. The first-order chi connectivity index (χ1) is 8.81. The Kier molecular flexibility index (Phi) is 2.64. The van der Waals surface area contributed by atoms with E-state index in [9.17, 15) is 0 Å². The molecular weight excluding hydrogens is 234 g/mol. The van der Waals surface area contributed by atoms with Gasteiger partial charge in [0.05, 0.1) is 25.8 Å². The molecule has 2 heterocycles. The molecule has 6 heteroatoms. The minimum atomic E-state index is 0.219. The van der Waals surface area contributed by atoms with Crippen LogP contribution >= 0.6 is 0 Å². The van der Waals surface area contributed by atoms with E-state index in [2.05, 4.69) is 10.1 Å². The second kappa shape index (κ2) is 4.30. The second-order valence-corrected chi connectivity index (χ2v) is 3.97. The number of hydrogen-bond donors (Lipinski definition) is 1. The maximum Gasteiger partial charge on any atom is 0.240 e. The summed E-state index contributed by atoms with van der Waals surface area (Å²) in [6.45, 7) is 0.916. The molecule has 0 aliphatic carbocycles. The van der Waals surface area contributed by atoms with Crippen LogP contribution in [0.1, 0.15) is 11.5 Å². The minimum absolute atomic E-state index is 0.219. The number of nitrogens with zero attached hydrogens (tertiary/aromatic N) is 2. The van der Waals surface area contributed by atoms with Crippen LogP contribution in [-0.2, 0) is 13.0 Å². The molecule has 0 amide bonds. The van der Waals surface area contributed by atoms with Gasteiger partial charge in [-0.15, -0.1) is 0 Å². The highest BCUT2D eigenvalue weighted by atomic mass is 16.5. The van der Waals surface area contributed by atoms with E-state index in [-0.39, 0.29) is 6.54 Å². The molecule has 0 fully saturated rings. The van der Waals surface area contributed by atoms with Gasteiger partial charge in [-0.1, -0.05) is 5.16 Å². The number of ether oxygens (including phenoxy) is 2. The van der Waals surface area contributed by atoms with Crippen LogP contribution in [0.2, 0.25) is 0 Å². The molecule has 1 aromatic carbocycles. The Hall–Kier alpha value is -2.08. The molecule has 1 aliphatic heterocycles. The second-order valence-electron chi connectivity index (χ2n) is 3.97. The van der Waals surface area contributed by atoms with Gasteiger partial charge < -0.3 is 19.7 Å².